The van der Waals surface area contributed by atoms with Crippen molar-refractivity contribution in [3.05, 3.63) is 70.6 Å². The minimum atomic E-state index is 0.699. The topological polar surface area (TPSA) is 84.0 Å². The van der Waals surface area contributed by atoms with Crippen molar-refractivity contribution in [3.8, 4) is 17.2 Å². The summed E-state index contributed by atoms with van der Waals surface area (Å²) in [5, 5.41) is 8.65. The van der Waals surface area contributed by atoms with Gasteiger partial charge < -0.3 is 0 Å². The number of nitrogens with zero attached hydrogens (tertiary/aromatic N) is 3. The number of rotatable bonds is 1. The maximum atomic E-state index is 8.65. The zero-order chi connectivity index (χ0) is 12.5. The van der Waals surface area contributed by atoms with E-state index in [1.165, 1.54) is 5.56 Å². The third kappa shape index (κ3) is 3.71. The molecular weight excluding hydrogens is 212 g/mol. The molecule has 0 fully saturated rings. The second-order valence-corrected chi connectivity index (χ2v) is 3.16. The molecule has 0 heterocycles. The molecule has 1 N–H and O–H groups in total. The molecule has 82 valence electrons. The zero-order valence-electron chi connectivity index (χ0n) is 9.04. The third-order valence-electron chi connectivity index (χ3n) is 2.12. The van der Waals surface area contributed by atoms with Crippen molar-refractivity contribution in [3.63, 3.8) is 0 Å². The van der Waals surface area contributed by atoms with Crippen LogP contribution in [-0.4, -0.2) is 0 Å². The summed E-state index contributed by atoms with van der Waals surface area (Å²) in [6, 6.07) is 19.8. The number of hydrogen-bond donors (Lipinski definition) is 1. The lowest BCUT2D eigenvalue weighted by atomic mass is 10.0. The number of nitrogens with one attached hydrogen (secondary N) is 1. The Morgan fingerprint density at radius 1 is 0.941 bits per heavy atom. The molecule has 0 saturated heterocycles. The van der Waals surface area contributed by atoms with Gasteiger partial charge in [0.15, 0.2) is 0 Å². The lowest BCUT2D eigenvalue weighted by Gasteiger charge is -1.99. The molecule has 4 heteroatoms. The Bertz CT molecular complexity index is 532. The summed E-state index contributed by atoms with van der Waals surface area (Å²) in [6.07, 6.45) is 0. The molecular formula is C13H10N4. The summed E-state index contributed by atoms with van der Waals surface area (Å²) in [5.41, 5.74) is 15.3. The van der Waals surface area contributed by atoms with Crippen molar-refractivity contribution in [2.24, 2.45) is 0 Å². The second-order valence-electron chi connectivity index (χ2n) is 3.16. The molecule has 0 aliphatic heterocycles. The first-order valence-corrected chi connectivity index (χ1v) is 4.88. The Labute approximate surface area is 99.2 Å². The van der Waals surface area contributed by atoms with Gasteiger partial charge in [-0.1, -0.05) is 42.5 Å². The fourth-order valence-electron chi connectivity index (χ4n) is 1.37. The molecule has 0 aliphatic carbocycles. The van der Waals surface area contributed by atoms with E-state index in [4.69, 9.17) is 16.3 Å². The monoisotopic (exact) mass is 222 g/mol. The van der Waals surface area contributed by atoms with Crippen LogP contribution < -0.4 is 0 Å². The van der Waals surface area contributed by atoms with Crippen LogP contribution in [0.4, 0.5) is 0 Å². The van der Waals surface area contributed by atoms with Crippen LogP contribution >= 0.6 is 0 Å². The maximum absolute atomic E-state index is 8.65. The van der Waals surface area contributed by atoms with E-state index in [0.717, 1.165) is 5.56 Å². The standard InChI is InChI=1S/C13H9N.HN3/c14-10-11-6-8-13(9-7-11)12-4-2-1-3-5-12;1-3-2/h1-9H;1H. The molecule has 0 atom stereocenters. The van der Waals surface area contributed by atoms with Gasteiger partial charge in [-0.05, 0) is 33.7 Å². The van der Waals surface area contributed by atoms with E-state index in [1.807, 2.05) is 42.5 Å². The van der Waals surface area contributed by atoms with Crippen LogP contribution in [0, 0.1) is 16.9 Å². The Kier molecular flexibility index (Phi) is 4.83. The quantitative estimate of drug-likeness (QED) is 0.439. The molecule has 17 heavy (non-hydrogen) atoms. The molecule has 0 saturated carbocycles. The first-order valence-electron chi connectivity index (χ1n) is 4.88. The minimum absolute atomic E-state index is 0.699. The molecule has 0 radical (unpaired) electrons. The molecule has 2 aromatic carbocycles. The predicted octanol–water partition coefficient (Wildman–Crippen LogP) is 4.10. The largest absolute Gasteiger partial charge is 0.192 e. The highest BCUT2D eigenvalue weighted by Crippen LogP contribution is 2.18. The Hall–Kier alpha value is -2.76. The SMILES string of the molecule is N#Cc1ccc(-c2ccccc2)cc1.[N-]=[N+]=N. The van der Waals surface area contributed by atoms with Gasteiger partial charge in [-0.15, -0.1) is 5.53 Å². The van der Waals surface area contributed by atoms with Crippen molar-refractivity contribution in [1.29, 1.82) is 10.8 Å². The van der Waals surface area contributed by atoms with E-state index < -0.39 is 0 Å². The Morgan fingerprint density at radius 2 is 1.41 bits per heavy atom. The molecule has 0 unspecified atom stereocenters. The highest BCUT2D eigenvalue weighted by Gasteiger charge is 1.95. The third-order valence-corrected chi connectivity index (χ3v) is 2.12. The van der Waals surface area contributed by atoms with E-state index >= 15 is 0 Å². The summed E-state index contributed by atoms with van der Waals surface area (Å²) in [4.78, 5) is 1.75. The molecule has 2 rings (SSSR count). The van der Waals surface area contributed by atoms with Crippen LogP contribution in [-0.2, 0) is 0 Å². The van der Waals surface area contributed by atoms with Gasteiger partial charge in [0.2, 0.25) is 0 Å². The zero-order valence-corrected chi connectivity index (χ0v) is 9.04. The first-order chi connectivity index (χ1) is 8.31. The van der Waals surface area contributed by atoms with Crippen molar-refractivity contribution in [1.82, 2.24) is 0 Å². The van der Waals surface area contributed by atoms with E-state index in [9.17, 15) is 0 Å². The van der Waals surface area contributed by atoms with Crippen molar-refractivity contribution < 1.29 is 0 Å². The number of hydrogen-bond acceptors (Lipinski definition) is 2. The Balaban J connectivity index is 0.000000437. The summed E-state index contributed by atoms with van der Waals surface area (Å²) in [6.45, 7) is 0. The lowest BCUT2D eigenvalue weighted by molar-refractivity contribution is 1.45. The molecule has 2 aromatic rings. The normalized spacial score (nSPS) is 8.18. The van der Waals surface area contributed by atoms with E-state index in [1.54, 1.807) is 4.91 Å². The van der Waals surface area contributed by atoms with Crippen LogP contribution in [0.2, 0.25) is 0 Å². The molecule has 4 nitrogen and oxygen atoms in total. The van der Waals surface area contributed by atoms with Crippen molar-refractivity contribution in [2.75, 3.05) is 0 Å². The van der Waals surface area contributed by atoms with Crippen LogP contribution in [0.25, 0.3) is 21.6 Å². The number of nitriles is 1. The molecule has 0 aromatic heterocycles. The van der Waals surface area contributed by atoms with Crippen LogP contribution in [0.3, 0.4) is 0 Å². The fourth-order valence-corrected chi connectivity index (χ4v) is 1.37. The van der Waals surface area contributed by atoms with E-state index in [0.29, 0.717) is 5.56 Å². The van der Waals surface area contributed by atoms with Crippen molar-refractivity contribution in [2.45, 2.75) is 0 Å². The average Bonchev–Trinajstić information content (AvgIpc) is 2.41. The van der Waals surface area contributed by atoms with Gasteiger partial charge in [0.1, 0.15) is 0 Å². The lowest BCUT2D eigenvalue weighted by Crippen LogP contribution is -1.77. The predicted molar refractivity (Wildman–Crippen MR) is 66.0 cm³/mol. The highest BCUT2D eigenvalue weighted by atomic mass is 15.0. The average molecular weight is 222 g/mol. The van der Waals surface area contributed by atoms with E-state index in [2.05, 4.69) is 18.2 Å². The summed E-state index contributed by atoms with van der Waals surface area (Å²) in [7, 11) is 0. The van der Waals surface area contributed by atoms with Gasteiger partial charge in [0, 0.05) is 0 Å². The van der Waals surface area contributed by atoms with Gasteiger partial charge in [0.25, 0.3) is 0 Å². The summed E-state index contributed by atoms with van der Waals surface area (Å²) >= 11 is 0. The fraction of sp³-hybridized carbons (Fsp3) is 0. The smallest absolute Gasteiger partial charge is 0.0991 e. The molecule has 0 bridgehead atoms. The maximum Gasteiger partial charge on any atom is 0.0991 e. The van der Waals surface area contributed by atoms with Crippen molar-refractivity contribution >= 4 is 0 Å². The first kappa shape index (κ1) is 12.3. The summed E-state index contributed by atoms with van der Waals surface area (Å²) in [5.74, 6) is 0. The van der Waals surface area contributed by atoms with Crippen LogP contribution in [0.1, 0.15) is 5.56 Å². The molecule has 0 aliphatic rings. The molecule has 0 amide bonds. The van der Waals surface area contributed by atoms with Crippen LogP contribution in [0.15, 0.2) is 54.6 Å². The molecule has 0 spiro atoms. The number of benzene rings is 2. The van der Waals surface area contributed by atoms with Gasteiger partial charge in [-0.3, -0.25) is 0 Å². The van der Waals surface area contributed by atoms with Gasteiger partial charge in [0.05, 0.1) is 11.6 Å². The van der Waals surface area contributed by atoms with Crippen LogP contribution in [0.5, 0.6) is 0 Å². The van der Waals surface area contributed by atoms with E-state index in [-0.39, 0.29) is 0 Å². The highest BCUT2D eigenvalue weighted by molar-refractivity contribution is 5.63. The van der Waals surface area contributed by atoms with Gasteiger partial charge >= 0.3 is 0 Å². The van der Waals surface area contributed by atoms with Gasteiger partial charge in [-0.2, -0.15) is 5.26 Å². The minimum Gasteiger partial charge on any atom is -0.192 e. The summed E-state index contributed by atoms with van der Waals surface area (Å²) < 4.78 is 0. The van der Waals surface area contributed by atoms with Gasteiger partial charge in [-0.25, -0.2) is 0 Å². The second kappa shape index (κ2) is 6.67. The Morgan fingerprint density at radius 3 is 1.88 bits per heavy atom.